The number of nitrogens with zero attached hydrogens (tertiary/aromatic N) is 1. The van der Waals surface area contributed by atoms with Crippen LogP contribution in [-0.2, 0) is 19.6 Å². The Morgan fingerprint density at radius 1 is 1.45 bits per heavy atom. The number of carbonyl (C=O) groups is 2. The van der Waals surface area contributed by atoms with Crippen LogP contribution in [0.5, 0.6) is 0 Å². The lowest BCUT2D eigenvalue weighted by atomic mass is 10.3. The Labute approximate surface area is 141 Å². The Hall–Kier alpha value is -0.870. The van der Waals surface area contributed by atoms with Gasteiger partial charge in [0.05, 0.1) is 4.34 Å². The van der Waals surface area contributed by atoms with Crippen LogP contribution in [0.3, 0.4) is 0 Å². The van der Waals surface area contributed by atoms with Crippen molar-refractivity contribution in [2.75, 3.05) is 13.1 Å². The maximum absolute atomic E-state index is 12.6. The van der Waals surface area contributed by atoms with Gasteiger partial charge in [-0.3, -0.25) is 9.59 Å². The lowest BCUT2D eigenvalue weighted by Gasteiger charge is -2.25. The van der Waals surface area contributed by atoms with Crippen molar-refractivity contribution >= 4 is 56.4 Å². The molecule has 22 heavy (non-hydrogen) atoms. The molecular formula is C11H14Cl2N2O5S2. The van der Waals surface area contributed by atoms with Crippen molar-refractivity contribution in [1.82, 2.24) is 9.62 Å². The highest BCUT2D eigenvalue weighted by atomic mass is 35.5. The monoisotopic (exact) mass is 388 g/mol. The second-order valence-corrected chi connectivity index (χ2v) is 8.45. The largest absolute Gasteiger partial charge is 0.480 e. The third-order valence-electron chi connectivity index (χ3n) is 2.71. The molecule has 0 aliphatic rings. The molecule has 1 unspecified atom stereocenters. The van der Waals surface area contributed by atoms with Crippen molar-refractivity contribution in [2.45, 2.75) is 24.8 Å². The van der Waals surface area contributed by atoms with Crippen LogP contribution >= 0.6 is 34.5 Å². The van der Waals surface area contributed by atoms with Crippen LogP contribution in [0.25, 0.3) is 0 Å². The van der Waals surface area contributed by atoms with Crippen molar-refractivity contribution in [3.63, 3.8) is 0 Å². The van der Waals surface area contributed by atoms with E-state index in [0.717, 1.165) is 15.6 Å². The summed E-state index contributed by atoms with van der Waals surface area (Å²) in [6, 6.07) is -0.155. The molecule has 1 aromatic heterocycles. The van der Waals surface area contributed by atoms with Crippen molar-refractivity contribution in [2.24, 2.45) is 0 Å². The van der Waals surface area contributed by atoms with Gasteiger partial charge in [0.1, 0.15) is 15.3 Å². The van der Waals surface area contributed by atoms with Gasteiger partial charge < -0.3 is 10.4 Å². The fourth-order valence-corrected chi connectivity index (χ4v) is 5.32. The number of carboxylic acid groups (broad SMARTS) is 1. The molecule has 0 aliphatic heterocycles. The molecule has 1 atom stereocenters. The summed E-state index contributed by atoms with van der Waals surface area (Å²) in [6.45, 7) is 2.27. The van der Waals surface area contributed by atoms with E-state index in [-0.39, 0.29) is 32.6 Å². The molecule has 1 heterocycles. The molecule has 7 nitrogen and oxygen atoms in total. The first-order chi connectivity index (χ1) is 10.1. The Bertz CT molecular complexity index is 674. The molecule has 124 valence electrons. The fraction of sp³-hybridized carbons (Fsp3) is 0.455. The molecule has 0 saturated carbocycles. The normalized spacial score (nSPS) is 13.1. The summed E-state index contributed by atoms with van der Waals surface area (Å²) in [7, 11) is -4.16. The van der Waals surface area contributed by atoms with Crippen LogP contribution in [0.15, 0.2) is 11.0 Å². The third-order valence-corrected chi connectivity index (χ3v) is 6.43. The van der Waals surface area contributed by atoms with Crippen LogP contribution in [0, 0.1) is 0 Å². The number of nitrogens with one attached hydrogen (secondary N) is 1. The van der Waals surface area contributed by atoms with E-state index in [1.54, 1.807) is 0 Å². The average molecular weight is 389 g/mol. The summed E-state index contributed by atoms with van der Waals surface area (Å²) >= 11 is 12.5. The molecule has 2 N–H and O–H groups in total. The molecule has 11 heteroatoms. The number of amides is 1. The zero-order valence-electron chi connectivity index (χ0n) is 11.7. The van der Waals surface area contributed by atoms with E-state index in [9.17, 15) is 18.0 Å². The van der Waals surface area contributed by atoms with Gasteiger partial charge in [0.25, 0.3) is 0 Å². The summed E-state index contributed by atoms with van der Waals surface area (Å²) in [6.07, 6.45) is 0. The lowest BCUT2D eigenvalue weighted by molar-refractivity contribution is -0.140. The molecule has 1 amide bonds. The van der Waals surface area contributed by atoms with Gasteiger partial charge in [-0.2, -0.15) is 4.31 Å². The molecule has 0 saturated heterocycles. The van der Waals surface area contributed by atoms with Crippen molar-refractivity contribution in [3.05, 3.63) is 14.7 Å². The van der Waals surface area contributed by atoms with Crippen LogP contribution < -0.4 is 5.32 Å². The van der Waals surface area contributed by atoms with Crippen LogP contribution in [0.2, 0.25) is 8.67 Å². The minimum absolute atomic E-state index is 0.0261. The zero-order valence-corrected chi connectivity index (χ0v) is 14.8. The molecule has 0 spiro atoms. The van der Waals surface area contributed by atoms with Gasteiger partial charge in [-0.05, 0) is 13.0 Å². The van der Waals surface area contributed by atoms with E-state index < -0.39 is 22.0 Å². The quantitative estimate of drug-likeness (QED) is 0.738. The van der Waals surface area contributed by atoms with Gasteiger partial charge in [-0.1, -0.05) is 23.2 Å². The van der Waals surface area contributed by atoms with Gasteiger partial charge in [-0.15, -0.1) is 11.3 Å². The number of hydrogen-bond donors (Lipinski definition) is 2. The van der Waals surface area contributed by atoms with Crippen LogP contribution in [-0.4, -0.2) is 48.8 Å². The molecule has 0 aliphatic carbocycles. The first-order valence-electron chi connectivity index (χ1n) is 6.01. The minimum Gasteiger partial charge on any atom is -0.480 e. The van der Waals surface area contributed by atoms with Gasteiger partial charge in [0.15, 0.2) is 0 Å². The highest BCUT2D eigenvalue weighted by Gasteiger charge is 2.35. The van der Waals surface area contributed by atoms with Crippen molar-refractivity contribution in [3.8, 4) is 0 Å². The van der Waals surface area contributed by atoms with E-state index in [1.807, 2.05) is 0 Å². The molecule has 1 rings (SSSR count). The molecular weight excluding hydrogens is 375 g/mol. The number of thiophene rings is 1. The number of carboxylic acids is 1. The summed E-state index contributed by atoms with van der Waals surface area (Å²) in [5.74, 6) is -1.67. The summed E-state index contributed by atoms with van der Waals surface area (Å²) in [5, 5.41) is 11.5. The summed E-state index contributed by atoms with van der Waals surface area (Å²) in [4.78, 5) is 21.8. The predicted octanol–water partition coefficient (Wildman–Crippen LogP) is 1.65. The van der Waals surface area contributed by atoms with E-state index in [4.69, 9.17) is 28.3 Å². The molecule has 0 aromatic carbocycles. The Kier molecular flexibility index (Phi) is 6.63. The summed E-state index contributed by atoms with van der Waals surface area (Å²) < 4.78 is 26.1. The van der Waals surface area contributed by atoms with E-state index >= 15 is 0 Å². The number of halogens is 2. The van der Waals surface area contributed by atoms with Gasteiger partial charge in [-0.25, -0.2) is 8.42 Å². The van der Waals surface area contributed by atoms with E-state index in [1.165, 1.54) is 19.9 Å². The highest BCUT2D eigenvalue weighted by molar-refractivity contribution is 7.89. The summed E-state index contributed by atoms with van der Waals surface area (Å²) in [5.41, 5.74) is 0. The predicted molar refractivity (Wildman–Crippen MR) is 84.0 cm³/mol. The standard InChI is InChI=1S/C11H14Cl2N2O5S2/c1-6(11(17)18)15(4-3-14-7(2)16)22(19,20)8-5-9(12)21-10(8)13/h5-6H,3-4H2,1-2H3,(H,14,16)(H,17,18). The molecule has 1 aromatic rings. The average Bonchev–Trinajstić information content (AvgIpc) is 2.73. The Balaban J connectivity index is 3.15. The maximum Gasteiger partial charge on any atom is 0.321 e. The first-order valence-corrected chi connectivity index (χ1v) is 9.02. The highest BCUT2D eigenvalue weighted by Crippen LogP contribution is 2.36. The van der Waals surface area contributed by atoms with E-state index in [2.05, 4.69) is 5.32 Å². The number of rotatable bonds is 7. The zero-order chi connectivity index (χ0) is 17.1. The number of carbonyl (C=O) groups excluding carboxylic acids is 1. The molecule has 0 radical (unpaired) electrons. The number of hydrogen-bond acceptors (Lipinski definition) is 5. The second-order valence-electron chi connectivity index (χ2n) is 4.30. The minimum atomic E-state index is -4.16. The Morgan fingerprint density at radius 3 is 2.45 bits per heavy atom. The van der Waals surface area contributed by atoms with Gasteiger partial charge >= 0.3 is 5.97 Å². The maximum atomic E-state index is 12.6. The van der Waals surface area contributed by atoms with E-state index in [0.29, 0.717) is 0 Å². The van der Waals surface area contributed by atoms with Crippen LogP contribution in [0.1, 0.15) is 13.8 Å². The Morgan fingerprint density at radius 2 is 2.05 bits per heavy atom. The fourth-order valence-electron chi connectivity index (χ4n) is 1.61. The van der Waals surface area contributed by atoms with Gasteiger partial charge in [0, 0.05) is 20.0 Å². The topological polar surface area (TPSA) is 104 Å². The smallest absolute Gasteiger partial charge is 0.321 e. The molecule has 0 bridgehead atoms. The third kappa shape index (κ3) is 4.56. The molecule has 0 fully saturated rings. The van der Waals surface area contributed by atoms with Crippen molar-refractivity contribution < 1.29 is 23.1 Å². The first kappa shape index (κ1) is 19.2. The number of aliphatic carboxylic acids is 1. The SMILES string of the molecule is CC(=O)NCCN(C(C)C(=O)O)S(=O)(=O)c1cc(Cl)sc1Cl. The second kappa shape index (κ2) is 7.60. The van der Waals surface area contributed by atoms with Crippen molar-refractivity contribution in [1.29, 1.82) is 0 Å². The number of sulfonamides is 1. The lowest BCUT2D eigenvalue weighted by Crippen LogP contribution is -2.46. The van der Waals surface area contributed by atoms with Crippen LogP contribution in [0.4, 0.5) is 0 Å². The van der Waals surface area contributed by atoms with Gasteiger partial charge in [0.2, 0.25) is 15.9 Å².